The normalized spacial score (nSPS) is 12.4. The van der Waals surface area contributed by atoms with Gasteiger partial charge in [0, 0.05) is 17.1 Å². The summed E-state index contributed by atoms with van der Waals surface area (Å²) in [6.07, 6.45) is 0. The molecule has 0 aliphatic carbocycles. The lowest BCUT2D eigenvalue weighted by atomic mass is 9.98. The summed E-state index contributed by atoms with van der Waals surface area (Å²) in [5.74, 6) is 0. The van der Waals surface area contributed by atoms with E-state index in [1.165, 1.54) is 65.3 Å². The van der Waals surface area contributed by atoms with Crippen LogP contribution in [-0.2, 0) is 0 Å². The van der Waals surface area contributed by atoms with E-state index in [1.54, 1.807) is 0 Å². The standard InChI is InChI=1S/C54H39NSi/c1-5-18-40(19-6-1)41-34-36-42(37-35-41)43-20-15-24-46(38-43)55(45-22-7-2-8-23-45)47-25-16-21-44(39-47)50-31-17-32-52-51-30-13-14-33-53(51)56(54(50)52,48-26-9-3-10-27-48)49-28-11-4-12-29-49/h1-39H. The topological polar surface area (TPSA) is 3.24 Å². The van der Waals surface area contributed by atoms with Gasteiger partial charge in [0.05, 0.1) is 0 Å². The Kier molecular flexibility index (Phi) is 8.59. The molecule has 0 aromatic heterocycles. The molecule has 0 radical (unpaired) electrons. The molecular formula is C54H39NSi. The molecule has 56 heavy (non-hydrogen) atoms. The molecule has 1 nitrogen and oxygen atoms in total. The Labute approximate surface area is 330 Å². The zero-order chi connectivity index (χ0) is 37.3. The Hall–Kier alpha value is -7.00. The molecule has 0 unspecified atom stereocenters. The second kappa shape index (κ2) is 14.3. The first kappa shape index (κ1) is 33.6. The van der Waals surface area contributed by atoms with Crippen molar-refractivity contribution < 1.29 is 0 Å². The van der Waals surface area contributed by atoms with Crippen molar-refractivity contribution >= 4 is 45.9 Å². The van der Waals surface area contributed by atoms with E-state index in [9.17, 15) is 0 Å². The molecule has 10 rings (SSSR count). The molecule has 9 aromatic rings. The molecule has 0 fully saturated rings. The van der Waals surface area contributed by atoms with Gasteiger partial charge in [0.25, 0.3) is 0 Å². The summed E-state index contributed by atoms with van der Waals surface area (Å²) in [5, 5.41) is 5.72. The summed E-state index contributed by atoms with van der Waals surface area (Å²) in [5.41, 5.74) is 13.3. The molecule has 0 bridgehead atoms. The molecule has 1 heterocycles. The fraction of sp³-hybridized carbons (Fsp3) is 0. The highest BCUT2D eigenvalue weighted by atomic mass is 28.3. The van der Waals surface area contributed by atoms with Gasteiger partial charge in [0.15, 0.2) is 8.07 Å². The molecule has 0 spiro atoms. The summed E-state index contributed by atoms with van der Waals surface area (Å²) < 4.78 is 0. The number of nitrogens with zero attached hydrogens (tertiary/aromatic N) is 1. The Morgan fingerprint density at radius 2 is 0.679 bits per heavy atom. The van der Waals surface area contributed by atoms with Gasteiger partial charge >= 0.3 is 0 Å². The first-order chi connectivity index (χ1) is 27.8. The van der Waals surface area contributed by atoms with Crippen LogP contribution in [0.1, 0.15) is 0 Å². The van der Waals surface area contributed by atoms with Crippen LogP contribution in [0.5, 0.6) is 0 Å². The van der Waals surface area contributed by atoms with Crippen molar-refractivity contribution in [1.82, 2.24) is 0 Å². The monoisotopic (exact) mass is 729 g/mol. The molecule has 9 aromatic carbocycles. The SMILES string of the molecule is c1ccc(-c2ccc(-c3cccc(N(c4ccccc4)c4cccc(-c5cccc6c5[Si](c5ccccc5)(c5ccccc5)c5ccccc5-6)c4)c3)cc2)cc1. The smallest absolute Gasteiger partial charge is 0.181 e. The van der Waals surface area contributed by atoms with Gasteiger partial charge in [-0.25, -0.2) is 0 Å². The molecule has 1 aliphatic rings. The molecule has 0 N–H and O–H groups in total. The highest BCUT2D eigenvalue weighted by Gasteiger charge is 2.49. The maximum absolute atomic E-state index is 2.71. The van der Waals surface area contributed by atoms with Gasteiger partial charge in [-0.15, -0.1) is 0 Å². The van der Waals surface area contributed by atoms with Crippen molar-refractivity contribution in [3.8, 4) is 44.5 Å². The number of hydrogen-bond acceptors (Lipinski definition) is 1. The lowest BCUT2D eigenvalue weighted by molar-refractivity contribution is 1.28. The van der Waals surface area contributed by atoms with E-state index in [-0.39, 0.29) is 0 Å². The number of rotatable bonds is 8. The van der Waals surface area contributed by atoms with E-state index in [0.29, 0.717) is 0 Å². The quantitative estimate of drug-likeness (QED) is 0.141. The van der Waals surface area contributed by atoms with Gasteiger partial charge in [-0.3, -0.25) is 0 Å². The minimum absolute atomic E-state index is 1.11. The van der Waals surface area contributed by atoms with E-state index in [0.717, 1.165) is 17.1 Å². The predicted octanol–water partition coefficient (Wildman–Crippen LogP) is 11.5. The first-order valence-electron chi connectivity index (χ1n) is 19.3. The predicted molar refractivity (Wildman–Crippen MR) is 240 cm³/mol. The number of fused-ring (bicyclic) bond motifs is 3. The van der Waals surface area contributed by atoms with Crippen molar-refractivity contribution in [3.63, 3.8) is 0 Å². The number of benzene rings is 9. The third kappa shape index (κ3) is 5.71. The summed E-state index contributed by atoms with van der Waals surface area (Å²) in [4.78, 5) is 2.39. The second-order valence-electron chi connectivity index (χ2n) is 14.5. The number of anilines is 3. The first-order valence-corrected chi connectivity index (χ1v) is 21.3. The zero-order valence-electron chi connectivity index (χ0n) is 31.0. The minimum atomic E-state index is -2.71. The van der Waals surface area contributed by atoms with Crippen LogP contribution in [0, 0.1) is 0 Å². The van der Waals surface area contributed by atoms with Crippen molar-refractivity contribution in [2.45, 2.75) is 0 Å². The van der Waals surface area contributed by atoms with Gasteiger partial charge < -0.3 is 4.90 Å². The molecule has 0 saturated carbocycles. The lowest BCUT2D eigenvalue weighted by Crippen LogP contribution is -2.73. The maximum atomic E-state index is 2.39. The molecule has 0 amide bonds. The molecule has 264 valence electrons. The van der Waals surface area contributed by atoms with E-state index in [2.05, 4.69) is 241 Å². The van der Waals surface area contributed by atoms with Crippen LogP contribution in [0.3, 0.4) is 0 Å². The summed E-state index contributed by atoms with van der Waals surface area (Å²) in [7, 11) is -2.71. The van der Waals surface area contributed by atoms with Gasteiger partial charge in [-0.05, 0) is 102 Å². The highest BCUT2D eigenvalue weighted by molar-refractivity contribution is 7.22. The average Bonchev–Trinajstić information content (AvgIpc) is 3.59. The Bertz CT molecular complexity index is 2740. The van der Waals surface area contributed by atoms with Crippen LogP contribution < -0.4 is 25.6 Å². The molecule has 2 heteroatoms. The van der Waals surface area contributed by atoms with Gasteiger partial charge in [-0.1, -0.05) is 200 Å². The van der Waals surface area contributed by atoms with Gasteiger partial charge in [0.2, 0.25) is 0 Å². The Morgan fingerprint density at radius 3 is 1.32 bits per heavy atom. The van der Waals surface area contributed by atoms with Crippen molar-refractivity contribution in [2.24, 2.45) is 0 Å². The van der Waals surface area contributed by atoms with Crippen LogP contribution in [-0.4, -0.2) is 8.07 Å². The summed E-state index contributed by atoms with van der Waals surface area (Å²) in [6, 6.07) is 86.9. The lowest BCUT2D eigenvalue weighted by Gasteiger charge is -2.33. The van der Waals surface area contributed by atoms with Crippen LogP contribution in [0.25, 0.3) is 44.5 Å². The second-order valence-corrected chi connectivity index (χ2v) is 18.2. The zero-order valence-corrected chi connectivity index (χ0v) is 32.0. The third-order valence-corrected chi connectivity index (χ3v) is 16.3. The largest absolute Gasteiger partial charge is 0.310 e. The minimum Gasteiger partial charge on any atom is -0.310 e. The van der Waals surface area contributed by atoms with Gasteiger partial charge in [-0.2, -0.15) is 0 Å². The van der Waals surface area contributed by atoms with Crippen LogP contribution in [0.4, 0.5) is 17.1 Å². The van der Waals surface area contributed by atoms with Gasteiger partial charge in [0.1, 0.15) is 0 Å². The maximum Gasteiger partial charge on any atom is 0.181 e. The average molecular weight is 730 g/mol. The Morgan fingerprint density at radius 1 is 0.268 bits per heavy atom. The molecular weight excluding hydrogens is 691 g/mol. The van der Waals surface area contributed by atoms with E-state index in [4.69, 9.17) is 0 Å². The number of hydrogen-bond donors (Lipinski definition) is 0. The van der Waals surface area contributed by atoms with Crippen LogP contribution in [0.2, 0.25) is 0 Å². The third-order valence-electron chi connectivity index (χ3n) is 11.3. The van der Waals surface area contributed by atoms with Crippen molar-refractivity contribution in [1.29, 1.82) is 0 Å². The Balaban J connectivity index is 1.13. The van der Waals surface area contributed by atoms with E-state index in [1.807, 2.05) is 0 Å². The highest BCUT2D eigenvalue weighted by Crippen LogP contribution is 2.40. The molecule has 0 saturated heterocycles. The van der Waals surface area contributed by atoms with E-state index >= 15 is 0 Å². The fourth-order valence-corrected chi connectivity index (χ4v) is 14.3. The fourth-order valence-electron chi connectivity index (χ4n) is 8.89. The van der Waals surface area contributed by atoms with Crippen molar-refractivity contribution in [3.05, 3.63) is 237 Å². The molecule has 0 atom stereocenters. The molecule has 1 aliphatic heterocycles. The summed E-state index contributed by atoms with van der Waals surface area (Å²) >= 11 is 0. The number of para-hydroxylation sites is 1. The van der Waals surface area contributed by atoms with Crippen molar-refractivity contribution in [2.75, 3.05) is 4.90 Å². The van der Waals surface area contributed by atoms with Crippen LogP contribution in [0.15, 0.2) is 237 Å². The summed E-state index contributed by atoms with van der Waals surface area (Å²) in [6.45, 7) is 0. The van der Waals surface area contributed by atoms with Crippen LogP contribution >= 0.6 is 0 Å². The van der Waals surface area contributed by atoms with E-state index < -0.39 is 8.07 Å².